The van der Waals surface area contributed by atoms with E-state index < -0.39 is 0 Å². The summed E-state index contributed by atoms with van der Waals surface area (Å²) in [6.45, 7) is 1.98. The number of aryl methyl sites for hydroxylation is 1. The summed E-state index contributed by atoms with van der Waals surface area (Å²) in [6, 6.07) is 13.2. The Balaban J connectivity index is 2.01. The van der Waals surface area contributed by atoms with Crippen molar-refractivity contribution in [2.75, 3.05) is 5.73 Å². The number of fused-ring (bicyclic) bond motifs is 1. The highest BCUT2D eigenvalue weighted by molar-refractivity contribution is 7.99. The molecule has 0 spiro atoms. The summed E-state index contributed by atoms with van der Waals surface area (Å²) in [5.74, 6) is 0. The number of nitriles is 1. The zero-order valence-electron chi connectivity index (χ0n) is 10.8. The van der Waals surface area contributed by atoms with Crippen LogP contribution in [0.1, 0.15) is 11.1 Å². The first-order valence-electron chi connectivity index (χ1n) is 6.00. The van der Waals surface area contributed by atoms with E-state index in [0.717, 1.165) is 16.0 Å². The Morgan fingerprint density at radius 2 is 2.10 bits per heavy atom. The van der Waals surface area contributed by atoms with Gasteiger partial charge < -0.3 is 10.2 Å². The van der Waals surface area contributed by atoms with Crippen LogP contribution in [0.25, 0.3) is 11.1 Å². The summed E-state index contributed by atoms with van der Waals surface area (Å²) < 4.78 is 5.65. The van der Waals surface area contributed by atoms with Gasteiger partial charge in [0.05, 0.1) is 5.56 Å². The van der Waals surface area contributed by atoms with Crippen molar-refractivity contribution in [2.24, 2.45) is 0 Å². The fourth-order valence-electron chi connectivity index (χ4n) is 1.87. The Kier molecular flexibility index (Phi) is 3.09. The van der Waals surface area contributed by atoms with Gasteiger partial charge in [-0.2, -0.15) is 5.26 Å². The molecule has 2 aromatic carbocycles. The lowest BCUT2D eigenvalue weighted by molar-refractivity contribution is 0.489. The fraction of sp³-hybridized carbons (Fsp3) is 0.0667. The van der Waals surface area contributed by atoms with Crippen LogP contribution in [0.5, 0.6) is 0 Å². The molecule has 0 unspecified atom stereocenters. The number of rotatable bonds is 2. The number of nitrogen functional groups attached to an aromatic ring is 1. The second kappa shape index (κ2) is 4.91. The normalized spacial score (nSPS) is 10.6. The highest BCUT2D eigenvalue weighted by Crippen LogP contribution is 2.32. The van der Waals surface area contributed by atoms with Crippen molar-refractivity contribution in [3.8, 4) is 6.07 Å². The molecule has 98 valence electrons. The molecule has 0 atom stereocenters. The van der Waals surface area contributed by atoms with E-state index in [1.807, 2.05) is 19.1 Å². The van der Waals surface area contributed by atoms with Crippen LogP contribution in [0.3, 0.4) is 0 Å². The van der Waals surface area contributed by atoms with E-state index in [1.165, 1.54) is 11.8 Å². The van der Waals surface area contributed by atoms with E-state index in [0.29, 0.717) is 22.1 Å². The Morgan fingerprint density at radius 3 is 2.90 bits per heavy atom. The summed E-state index contributed by atoms with van der Waals surface area (Å²) in [5, 5.41) is 9.64. The lowest BCUT2D eigenvalue weighted by atomic mass is 10.2. The van der Waals surface area contributed by atoms with Gasteiger partial charge in [0, 0.05) is 10.6 Å². The SMILES string of the molecule is Cc1ccc(C#N)c(Sc2nc3cc(N)ccc3o2)c1. The number of nitrogens with zero attached hydrogens (tertiary/aromatic N) is 2. The van der Waals surface area contributed by atoms with Gasteiger partial charge in [0.25, 0.3) is 5.22 Å². The monoisotopic (exact) mass is 281 g/mol. The van der Waals surface area contributed by atoms with E-state index in [-0.39, 0.29) is 0 Å². The third-order valence-electron chi connectivity index (χ3n) is 2.85. The summed E-state index contributed by atoms with van der Waals surface area (Å²) in [4.78, 5) is 5.22. The number of hydrogen-bond acceptors (Lipinski definition) is 5. The molecule has 3 aromatic rings. The molecule has 0 aliphatic heterocycles. The molecular weight excluding hydrogens is 270 g/mol. The highest BCUT2D eigenvalue weighted by atomic mass is 32.2. The third-order valence-corrected chi connectivity index (χ3v) is 3.75. The van der Waals surface area contributed by atoms with E-state index in [1.54, 1.807) is 24.3 Å². The number of oxazole rings is 1. The minimum absolute atomic E-state index is 0.507. The van der Waals surface area contributed by atoms with Crippen molar-refractivity contribution < 1.29 is 4.42 Å². The van der Waals surface area contributed by atoms with Crippen LogP contribution < -0.4 is 5.73 Å². The fourth-order valence-corrected chi connectivity index (χ4v) is 2.80. The van der Waals surface area contributed by atoms with E-state index in [4.69, 9.17) is 15.4 Å². The Labute approximate surface area is 120 Å². The van der Waals surface area contributed by atoms with Gasteiger partial charge in [0.15, 0.2) is 5.58 Å². The summed E-state index contributed by atoms with van der Waals surface area (Å²) in [5.41, 5.74) is 9.48. The Hall–Kier alpha value is -2.45. The number of anilines is 1. The minimum atomic E-state index is 0.507. The maximum absolute atomic E-state index is 9.13. The molecule has 0 radical (unpaired) electrons. The van der Waals surface area contributed by atoms with Gasteiger partial charge in [0.1, 0.15) is 11.6 Å². The van der Waals surface area contributed by atoms with Crippen LogP contribution in [-0.2, 0) is 0 Å². The van der Waals surface area contributed by atoms with Crippen LogP contribution in [0.15, 0.2) is 50.9 Å². The van der Waals surface area contributed by atoms with Crippen molar-refractivity contribution in [3.05, 3.63) is 47.5 Å². The van der Waals surface area contributed by atoms with Crippen LogP contribution in [0.4, 0.5) is 5.69 Å². The van der Waals surface area contributed by atoms with Gasteiger partial charge in [0.2, 0.25) is 0 Å². The molecule has 1 aromatic heterocycles. The molecule has 0 saturated carbocycles. The average molecular weight is 281 g/mol. The molecule has 20 heavy (non-hydrogen) atoms. The third kappa shape index (κ3) is 2.33. The van der Waals surface area contributed by atoms with Crippen LogP contribution in [0.2, 0.25) is 0 Å². The quantitative estimate of drug-likeness (QED) is 0.724. The predicted octanol–water partition coefficient (Wildman–Crippen LogP) is 3.74. The molecular formula is C15H11N3OS. The molecule has 1 heterocycles. The standard InChI is InChI=1S/C15H11N3OS/c1-9-2-3-10(8-16)14(6-9)20-15-18-12-7-11(17)4-5-13(12)19-15/h2-7H,17H2,1H3. The highest BCUT2D eigenvalue weighted by Gasteiger charge is 2.11. The first-order valence-corrected chi connectivity index (χ1v) is 6.82. The zero-order chi connectivity index (χ0) is 14.1. The van der Waals surface area contributed by atoms with E-state index >= 15 is 0 Å². The van der Waals surface area contributed by atoms with Gasteiger partial charge in [-0.15, -0.1) is 0 Å². The maximum atomic E-state index is 9.13. The molecule has 3 rings (SSSR count). The zero-order valence-corrected chi connectivity index (χ0v) is 11.6. The number of aromatic nitrogens is 1. The molecule has 0 bridgehead atoms. The Morgan fingerprint density at radius 1 is 1.25 bits per heavy atom. The van der Waals surface area contributed by atoms with Crippen molar-refractivity contribution in [1.29, 1.82) is 5.26 Å². The molecule has 0 aliphatic rings. The van der Waals surface area contributed by atoms with Crippen LogP contribution in [-0.4, -0.2) is 4.98 Å². The van der Waals surface area contributed by atoms with Gasteiger partial charge in [-0.05, 0) is 54.6 Å². The second-order valence-corrected chi connectivity index (χ2v) is 5.41. The number of hydrogen-bond donors (Lipinski definition) is 1. The van der Waals surface area contributed by atoms with Crippen LogP contribution in [0, 0.1) is 18.3 Å². The lowest BCUT2D eigenvalue weighted by Crippen LogP contribution is -1.83. The maximum Gasteiger partial charge on any atom is 0.261 e. The van der Waals surface area contributed by atoms with Crippen molar-refractivity contribution in [3.63, 3.8) is 0 Å². The van der Waals surface area contributed by atoms with Gasteiger partial charge >= 0.3 is 0 Å². The first-order chi connectivity index (χ1) is 9.65. The number of nitrogens with two attached hydrogens (primary N) is 1. The van der Waals surface area contributed by atoms with Crippen molar-refractivity contribution >= 4 is 28.5 Å². The first kappa shape index (κ1) is 12.6. The second-order valence-electron chi connectivity index (χ2n) is 4.42. The molecule has 5 heteroatoms. The van der Waals surface area contributed by atoms with Crippen LogP contribution >= 0.6 is 11.8 Å². The van der Waals surface area contributed by atoms with Gasteiger partial charge in [-0.3, -0.25) is 0 Å². The minimum Gasteiger partial charge on any atom is -0.431 e. The largest absolute Gasteiger partial charge is 0.431 e. The van der Waals surface area contributed by atoms with E-state index in [2.05, 4.69) is 11.1 Å². The van der Waals surface area contributed by atoms with Crippen molar-refractivity contribution in [1.82, 2.24) is 4.98 Å². The summed E-state index contributed by atoms with van der Waals surface area (Å²) in [7, 11) is 0. The molecule has 0 aliphatic carbocycles. The lowest BCUT2D eigenvalue weighted by Gasteiger charge is -2.01. The molecule has 2 N–H and O–H groups in total. The Bertz CT molecular complexity index is 833. The molecule has 0 amide bonds. The molecule has 0 fully saturated rings. The van der Waals surface area contributed by atoms with Crippen molar-refractivity contribution in [2.45, 2.75) is 17.0 Å². The van der Waals surface area contributed by atoms with Gasteiger partial charge in [-0.25, -0.2) is 4.98 Å². The topological polar surface area (TPSA) is 75.8 Å². The van der Waals surface area contributed by atoms with Gasteiger partial charge in [-0.1, -0.05) is 6.07 Å². The average Bonchev–Trinajstić information content (AvgIpc) is 2.80. The van der Waals surface area contributed by atoms with E-state index in [9.17, 15) is 0 Å². The summed E-state index contributed by atoms with van der Waals surface area (Å²) in [6.07, 6.45) is 0. The predicted molar refractivity (Wildman–Crippen MR) is 78.4 cm³/mol. The molecule has 0 saturated heterocycles. The smallest absolute Gasteiger partial charge is 0.261 e. The number of benzene rings is 2. The summed E-state index contributed by atoms with van der Waals surface area (Å²) >= 11 is 1.34. The molecule has 4 nitrogen and oxygen atoms in total.